The molecule has 3 N–H and O–H groups in total. The van der Waals surface area contributed by atoms with E-state index >= 15 is 0 Å². The van der Waals surface area contributed by atoms with Crippen molar-refractivity contribution in [2.75, 3.05) is 18.1 Å². The van der Waals surface area contributed by atoms with Crippen LogP contribution in [0.2, 0.25) is 0 Å². The summed E-state index contributed by atoms with van der Waals surface area (Å²) < 4.78 is 19.6. The lowest BCUT2D eigenvalue weighted by Gasteiger charge is -2.26. The van der Waals surface area contributed by atoms with Gasteiger partial charge < -0.3 is 20.3 Å². The first kappa shape index (κ1) is 26.5. The molecule has 0 radical (unpaired) electrons. The topological polar surface area (TPSA) is 94.4 Å². The van der Waals surface area contributed by atoms with Gasteiger partial charge in [0.2, 0.25) is 0 Å². The van der Waals surface area contributed by atoms with E-state index in [2.05, 4.69) is 30.0 Å². The van der Waals surface area contributed by atoms with Crippen LogP contribution in [0.5, 0.6) is 0 Å². The predicted octanol–water partition coefficient (Wildman–Crippen LogP) is 4.02. The average Bonchev–Trinajstić information content (AvgIpc) is 2.78. The van der Waals surface area contributed by atoms with Gasteiger partial charge in [0.15, 0.2) is 11.7 Å². The molecule has 0 aliphatic heterocycles. The average molecular weight is 444 g/mol. The molecule has 1 unspecified atom stereocenters. The molecule has 1 rings (SSSR count). The second-order valence-electron chi connectivity index (χ2n) is 6.64. The Morgan fingerprint density at radius 2 is 2.03 bits per heavy atom. The molecule has 1 aromatic carbocycles. The van der Waals surface area contributed by atoms with E-state index in [4.69, 9.17) is 9.84 Å². The Morgan fingerprint density at radius 1 is 1.34 bits per heavy atom. The summed E-state index contributed by atoms with van der Waals surface area (Å²) in [5, 5.41) is 21.3. The van der Waals surface area contributed by atoms with Gasteiger partial charge in [0.25, 0.3) is 5.91 Å². The molecule has 0 spiro atoms. The quantitative estimate of drug-likeness (QED) is 0.158. The van der Waals surface area contributed by atoms with Crippen LogP contribution in [0.25, 0.3) is 0 Å². The van der Waals surface area contributed by atoms with Crippen molar-refractivity contribution in [3.05, 3.63) is 85.2 Å². The lowest BCUT2D eigenvalue weighted by atomic mass is 10.2. The predicted molar refractivity (Wildman–Crippen MR) is 126 cm³/mol. The number of amides is 1. The molecule has 7 nitrogen and oxygen atoms in total. The third-order valence-corrected chi connectivity index (χ3v) is 4.00. The first-order chi connectivity index (χ1) is 15.2. The maximum Gasteiger partial charge on any atom is 0.255 e. The van der Waals surface area contributed by atoms with Gasteiger partial charge in [0.05, 0.1) is 23.7 Å². The Morgan fingerprint density at radius 3 is 2.56 bits per heavy atom. The summed E-state index contributed by atoms with van der Waals surface area (Å²) in [6, 6.07) is 6.57. The van der Waals surface area contributed by atoms with Crippen molar-refractivity contribution in [2.24, 2.45) is 4.99 Å². The molecule has 0 saturated carbocycles. The van der Waals surface area contributed by atoms with Crippen molar-refractivity contribution in [2.45, 2.75) is 26.9 Å². The van der Waals surface area contributed by atoms with Gasteiger partial charge in [-0.15, -0.1) is 0 Å². The Kier molecular flexibility index (Phi) is 10.8. The summed E-state index contributed by atoms with van der Waals surface area (Å²) in [6.45, 7) is 15.3. The number of hydrogen-bond donors (Lipinski definition) is 3. The van der Waals surface area contributed by atoms with Crippen molar-refractivity contribution in [1.29, 1.82) is 0 Å². The summed E-state index contributed by atoms with van der Waals surface area (Å²) in [5.74, 6) is -0.938. The van der Waals surface area contributed by atoms with Crippen molar-refractivity contribution in [3.63, 3.8) is 0 Å². The van der Waals surface area contributed by atoms with E-state index in [1.54, 1.807) is 51.1 Å². The van der Waals surface area contributed by atoms with Gasteiger partial charge in [-0.3, -0.25) is 9.69 Å². The van der Waals surface area contributed by atoms with Crippen LogP contribution in [0.3, 0.4) is 0 Å². The van der Waals surface area contributed by atoms with Gasteiger partial charge >= 0.3 is 0 Å². The summed E-state index contributed by atoms with van der Waals surface area (Å²) in [7, 11) is 0. The number of aliphatic hydroxyl groups is 2. The number of rotatable bonds is 11. The number of nitrogens with one attached hydrogen (secondary N) is 1. The molecule has 0 aliphatic carbocycles. The Bertz CT molecular complexity index is 950. The molecule has 1 aromatic rings. The van der Waals surface area contributed by atoms with E-state index < -0.39 is 24.4 Å². The van der Waals surface area contributed by atoms with E-state index in [9.17, 15) is 14.3 Å². The molecule has 0 heterocycles. The third kappa shape index (κ3) is 7.64. The number of carbonyl (C=O) groups excluding carboxylic acids is 1. The van der Waals surface area contributed by atoms with Crippen molar-refractivity contribution >= 4 is 23.1 Å². The Hall–Kier alpha value is -3.49. The highest BCUT2D eigenvalue weighted by atomic mass is 19.1. The number of benzene rings is 1. The van der Waals surface area contributed by atoms with Crippen LogP contribution in [-0.2, 0) is 9.53 Å². The molecule has 8 heteroatoms. The lowest BCUT2D eigenvalue weighted by molar-refractivity contribution is -0.113. The highest BCUT2D eigenvalue weighted by Crippen LogP contribution is 2.28. The van der Waals surface area contributed by atoms with Gasteiger partial charge in [-0.2, -0.15) is 0 Å². The molecule has 32 heavy (non-hydrogen) atoms. The molecule has 0 aliphatic rings. The molecule has 1 atom stereocenters. The van der Waals surface area contributed by atoms with Crippen molar-refractivity contribution in [1.82, 2.24) is 5.32 Å². The number of aliphatic imine (C=N–C) groups is 1. The number of nitrogens with zero attached hydrogens (tertiary/aromatic N) is 2. The highest BCUT2D eigenvalue weighted by molar-refractivity contribution is 6.04. The maximum atomic E-state index is 14.2. The first-order valence-electron chi connectivity index (χ1n) is 9.85. The highest BCUT2D eigenvalue weighted by Gasteiger charge is 2.21. The minimum absolute atomic E-state index is 0.0178. The van der Waals surface area contributed by atoms with E-state index in [0.29, 0.717) is 22.8 Å². The molecule has 0 saturated heterocycles. The van der Waals surface area contributed by atoms with Crippen molar-refractivity contribution < 1.29 is 24.1 Å². The minimum Gasteiger partial charge on any atom is -0.489 e. The second-order valence-corrected chi connectivity index (χ2v) is 6.64. The van der Waals surface area contributed by atoms with E-state index in [0.717, 1.165) is 6.08 Å². The summed E-state index contributed by atoms with van der Waals surface area (Å²) in [6.07, 6.45) is 2.92. The van der Waals surface area contributed by atoms with E-state index in [1.165, 1.54) is 11.0 Å². The fourth-order valence-corrected chi connectivity index (χ4v) is 2.53. The minimum atomic E-state index is -1.09. The van der Waals surface area contributed by atoms with Crippen LogP contribution >= 0.6 is 0 Å². The zero-order valence-corrected chi connectivity index (χ0v) is 18.6. The molecule has 0 bridgehead atoms. The van der Waals surface area contributed by atoms with Crippen LogP contribution in [-0.4, -0.2) is 41.3 Å². The number of allylic oxidation sites excluding steroid dienone is 3. The zero-order valence-electron chi connectivity index (χ0n) is 18.6. The number of amidine groups is 1. The molecular weight excluding hydrogens is 413 g/mol. The Labute approximate surface area is 188 Å². The molecular formula is C24H30FN3O4. The second kappa shape index (κ2) is 13.0. The summed E-state index contributed by atoms with van der Waals surface area (Å²) in [5.41, 5.74) is 1.60. The van der Waals surface area contributed by atoms with E-state index in [-0.39, 0.29) is 18.2 Å². The van der Waals surface area contributed by atoms with Gasteiger partial charge in [0.1, 0.15) is 18.5 Å². The number of halogens is 1. The van der Waals surface area contributed by atoms with Crippen molar-refractivity contribution in [3.8, 4) is 0 Å². The van der Waals surface area contributed by atoms with Crippen LogP contribution in [0, 0.1) is 0 Å². The lowest BCUT2D eigenvalue weighted by Crippen LogP contribution is -2.30. The van der Waals surface area contributed by atoms with Crippen LogP contribution in [0.4, 0.5) is 15.8 Å². The number of carbonyl (C=O) groups is 1. The number of anilines is 1. The van der Waals surface area contributed by atoms with Gasteiger partial charge in [0, 0.05) is 5.70 Å². The fraction of sp³-hybridized carbons (Fsp3) is 0.250. The maximum absolute atomic E-state index is 14.2. The van der Waals surface area contributed by atoms with Crippen LogP contribution < -0.4 is 10.2 Å². The number of ether oxygens (including phenoxy) is 1. The number of hydrogen-bond acceptors (Lipinski definition) is 5. The van der Waals surface area contributed by atoms with Crippen LogP contribution in [0.15, 0.2) is 90.2 Å². The van der Waals surface area contributed by atoms with Gasteiger partial charge in [-0.1, -0.05) is 31.9 Å². The van der Waals surface area contributed by atoms with Gasteiger partial charge in [-0.05, 0) is 51.1 Å². The van der Waals surface area contributed by atoms with E-state index in [1.807, 2.05) is 0 Å². The largest absolute Gasteiger partial charge is 0.489 e. The van der Waals surface area contributed by atoms with Crippen LogP contribution in [0.1, 0.15) is 20.8 Å². The zero-order chi connectivity index (χ0) is 24.3. The smallest absolute Gasteiger partial charge is 0.255 e. The number of aliphatic hydroxyl groups excluding tert-OH is 2. The molecule has 0 aromatic heterocycles. The fourth-order valence-electron chi connectivity index (χ4n) is 2.53. The molecule has 172 valence electrons. The monoisotopic (exact) mass is 443 g/mol. The SMILES string of the molecule is C=CC(=O)N(C(=CC)C(=C)OCC(O)CO)c1cccc(N=C(NC(=C)C)/C(F)=C\C)c1. The summed E-state index contributed by atoms with van der Waals surface area (Å²) >= 11 is 0. The molecule has 1 amide bonds. The first-order valence-corrected chi connectivity index (χ1v) is 9.85. The standard InChI is InChI=1S/C24H30FN3O4/c1-7-21(25)24(26-16(4)5)27-18-11-10-12-19(13-18)28(23(31)9-3)22(8-2)17(6)32-15-20(30)14-29/h7-13,20,29-30H,3-4,6,14-15H2,1-2,5H3,(H,26,27)/b21-7+,22-8?. The molecule has 0 fully saturated rings. The third-order valence-electron chi connectivity index (χ3n) is 4.00. The normalized spacial score (nSPS) is 13.2. The van der Waals surface area contributed by atoms with Gasteiger partial charge in [-0.25, -0.2) is 9.38 Å². The summed E-state index contributed by atoms with van der Waals surface area (Å²) in [4.78, 5) is 18.3. The Balaban J connectivity index is 3.41.